The van der Waals surface area contributed by atoms with Gasteiger partial charge in [0.1, 0.15) is 18.0 Å². The van der Waals surface area contributed by atoms with Crippen molar-refractivity contribution >= 4 is 23.5 Å². The van der Waals surface area contributed by atoms with Crippen LogP contribution in [0.5, 0.6) is 11.5 Å². The summed E-state index contributed by atoms with van der Waals surface area (Å²) >= 11 is 0. The Bertz CT molecular complexity index is 864. The van der Waals surface area contributed by atoms with Crippen LogP contribution < -0.4 is 20.1 Å². The summed E-state index contributed by atoms with van der Waals surface area (Å²) in [5, 5.41) is 5.07. The van der Waals surface area contributed by atoms with Crippen LogP contribution in [-0.4, -0.2) is 44.7 Å². The highest BCUT2D eigenvalue weighted by molar-refractivity contribution is 5.97. The van der Waals surface area contributed by atoms with Crippen molar-refractivity contribution in [1.29, 1.82) is 0 Å². The second-order valence-electron chi connectivity index (χ2n) is 6.05. The molecule has 8 heteroatoms. The van der Waals surface area contributed by atoms with E-state index in [1.807, 2.05) is 19.9 Å². The first kappa shape index (κ1) is 21.7. The van der Waals surface area contributed by atoms with Gasteiger partial charge in [-0.15, -0.1) is 0 Å². The summed E-state index contributed by atoms with van der Waals surface area (Å²) in [6, 6.07) is 11.8. The van der Waals surface area contributed by atoms with Gasteiger partial charge < -0.3 is 24.8 Å². The van der Waals surface area contributed by atoms with Gasteiger partial charge in [0, 0.05) is 5.56 Å². The highest BCUT2D eigenvalue weighted by atomic mass is 16.5. The molecule has 0 aromatic heterocycles. The average Bonchev–Trinajstić information content (AvgIpc) is 2.71. The number of rotatable bonds is 9. The van der Waals surface area contributed by atoms with Gasteiger partial charge in [0.25, 0.3) is 11.8 Å². The monoisotopic (exact) mass is 400 g/mol. The molecule has 0 fully saturated rings. The lowest BCUT2D eigenvalue weighted by atomic mass is 10.2. The van der Waals surface area contributed by atoms with Gasteiger partial charge >= 0.3 is 5.97 Å². The van der Waals surface area contributed by atoms with Crippen molar-refractivity contribution in [2.45, 2.75) is 13.8 Å². The molecule has 2 aromatic rings. The van der Waals surface area contributed by atoms with Crippen molar-refractivity contribution in [3.05, 3.63) is 53.6 Å². The quantitative estimate of drug-likeness (QED) is 0.626. The summed E-state index contributed by atoms with van der Waals surface area (Å²) in [5.74, 6) is -0.521. The van der Waals surface area contributed by atoms with Gasteiger partial charge in [-0.3, -0.25) is 14.4 Å². The second-order valence-corrected chi connectivity index (χ2v) is 6.05. The molecular formula is C21H24N2O6. The molecule has 0 aliphatic heterocycles. The molecule has 2 aromatic carbocycles. The number of benzene rings is 2. The molecule has 0 unspecified atom stereocenters. The molecular weight excluding hydrogens is 376 g/mol. The molecule has 0 aliphatic rings. The summed E-state index contributed by atoms with van der Waals surface area (Å²) in [6.45, 7) is 3.44. The number of carbonyl (C=O) groups excluding carboxylic acids is 3. The number of hydrogen-bond donors (Lipinski definition) is 2. The van der Waals surface area contributed by atoms with Crippen LogP contribution in [0.2, 0.25) is 0 Å². The lowest BCUT2D eigenvalue weighted by molar-refractivity contribution is -0.146. The van der Waals surface area contributed by atoms with E-state index in [-0.39, 0.29) is 6.54 Å². The summed E-state index contributed by atoms with van der Waals surface area (Å²) in [4.78, 5) is 35.8. The number of ether oxygens (including phenoxy) is 3. The summed E-state index contributed by atoms with van der Waals surface area (Å²) in [5.41, 5.74) is 1.80. The number of hydrogen-bond acceptors (Lipinski definition) is 6. The Morgan fingerprint density at radius 2 is 1.76 bits per heavy atom. The fourth-order valence-electron chi connectivity index (χ4n) is 2.43. The molecule has 0 atom stereocenters. The van der Waals surface area contributed by atoms with Crippen molar-refractivity contribution in [2.75, 3.05) is 32.2 Å². The molecule has 8 nitrogen and oxygen atoms in total. The third-order valence-electron chi connectivity index (χ3n) is 3.81. The molecule has 154 valence electrons. The Hall–Kier alpha value is -3.55. The molecule has 29 heavy (non-hydrogen) atoms. The summed E-state index contributed by atoms with van der Waals surface area (Å²) in [6.07, 6.45) is 0. The van der Waals surface area contributed by atoms with Crippen LogP contribution in [0, 0.1) is 6.92 Å². The number of anilines is 1. The summed E-state index contributed by atoms with van der Waals surface area (Å²) < 4.78 is 15.4. The highest BCUT2D eigenvalue weighted by Crippen LogP contribution is 2.25. The number of aryl methyl sites for hydroxylation is 1. The lowest BCUT2D eigenvalue weighted by Crippen LogP contribution is -2.32. The molecule has 0 heterocycles. The van der Waals surface area contributed by atoms with E-state index in [9.17, 15) is 14.4 Å². The second kappa shape index (κ2) is 10.7. The third kappa shape index (κ3) is 6.84. The first-order chi connectivity index (χ1) is 13.9. The van der Waals surface area contributed by atoms with Crippen LogP contribution in [0.4, 0.5) is 5.69 Å². The molecule has 2 N–H and O–H groups in total. The Balaban J connectivity index is 1.77. The Morgan fingerprint density at radius 3 is 2.41 bits per heavy atom. The molecule has 0 radical (unpaired) electrons. The van der Waals surface area contributed by atoms with Crippen LogP contribution in [0.15, 0.2) is 42.5 Å². The van der Waals surface area contributed by atoms with E-state index in [4.69, 9.17) is 14.2 Å². The van der Waals surface area contributed by atoms with Crippen LogP contribution >= 0.6 is 0 Å². The van der Waals surface area contributed by atoms with Gasteiger partial charge in [-0.2, -0.15) is 0 Å². The average molecular weight is 400 g/mol. The molecule has 0 aliphatic carbocycles. The minimum Gasteiger partial charge on any atom is -0.495 e. The molecule has 2 amide bonds. The maximum atomic E-state index is 12.0. The van der Waals surface area contributed by atoms with E-state index in [0.717, 1.165) is 5.56 Å². The molecule has 0 spiro atoms. The third-order valence-corrected chi connectivity index (χ3v) is 3.81. The van der Waals surface area contributed by atoms with E-state index >= 15 is 0 Å². The van der Waals surface area contributed by atoms with Crippen LogP contribution in [0.25, 0.3) is 0 Å². The zero-order chi connectivity index (χ0) is 21.2. The van der Waals surface area contributed by atoms with E-state index in [2.05, 4.69) is 10.6 Å². The van der Waals surface area contributed by atoms with Crippen LogP contribution in [-0.2, 0) is 14.3 Å². The van der Waals surface area contributed by atoms with Crippen molar-refractivity contribution in [2.24, 2.45) is 0 Å². The van der Waals surface area contributed by atoms with Crippen molar-refractivity contribution < 1.29 is 28.6 Å². The number of amides is 2. The maximum Gasteiger partial charge on any atom is 0.325 e. The van der Waals surface area contributed by atoms with Crippen LogP contribution in [0.1, 0.15) is 22.8 Å². The maximum absolute atomic E-state index is 12.0. The van der Waals surface area contributed by atoms with E-state index < -0.39 is 24.4 Å². The van der Waals surface area contributed by atoms with Crippen molar-refractivity contribution in [1.82, 2.24) is 5.32 Å². The Kier molecular flexibility index (Phi) is 8.02. The fraction of sp³-hybridized carbons (Fsp3) is 0.286. The first-order valence-electron chi connectivity index (χ1n) is 9.04. The van der Waals surface area contributed by atoms with Gasteiger partial charge in [0.2, 0.25) is 0 Å². The number of nitrogens with one attached hydrogen (secondary N) is 2. The van der Waals surface area contributed by atoms with E-state index in [1.165, 1.54) is 7.11 Å². The van der Waals surface area contributed by atoms with E-state index in [1.54, 1.807) is 36.4 Å². The summed E-state index contributed by atoms with van der Waals surface area (Å²) in [7, 11) is 1.49. The largest absolute Gasteiger partial charge is 0.495 e. The predicted octanol–water partition coefficient (Wildman–Crippen LogP) is 2.31. The first-order valence-corrected chi connectivity index (χ1v) is 9.04. The van der Waals surface area contributed by atoms with Crippen molar-refractivity contribution in [3.63, 3.8) is 0 Å². The van der Waals surface area contributed by atoms with E-state index in [0.29, 0.717) is 29.4 Å². The van der Waals surface area contributed by atoms with Gasteiger partial charge in [-0.25, -0.2) is 0 Å². The normalized spacial score (nSPS) is 10.0. The molecule has 2 rings (SSSR count). The fourth-order valence-corrected chi connectivity index (χ4v) is 2.43. The molecule has 0 bridgehead atoms. The Labute approximate surface area is 169 Å². The smallest absolute Gasteiger partial charge is 0.325 e. The van der Waals surface area contributed by atoms with Gasteiger partial charge in [-0.05, 0) is 55.8 Å². The number of esters is 1. The Morgan fingerprint density at radius 1 is 1.03 bits per heavy atom. The number of carbonyl (C=O) groups is 3. The van der Waals surface area contributed by atoms with Crippen molar-refractivity contribution in [3.8, 4) is 11.5 Å². The molecule has 0 saturated carbocycles. The minimum absolute atomic E-state index is 0.354. The SMILES string of the molecule is CCOc1ccc(C(=O)NCC(=O)OCC(=O)Nc2cc(C)ccc2OC)cc1. The van der Waals surface area contributed by atoms with Gasteiger partial charge in [-0.1, -0.05) is 6.07 Å². The molecule has 0 saturated heterocycles. The lowest BCUT2D eigenvalue weighted by Gasteiger charge is -2.11. The standard InChI is InChI=1S/C21H24N2O6/c1-4-28-16-8-6-15(7-9-16)21(26)22-12-20(25)29-13-19(24)23-17-11-14(2)5-10-18(17)27-3/h5-11H,4,12-13H2,1-3H3,(H,22,26)(H,23,24). The topological polar surface area (TPSA) is 103 Å². The highest BCUT2D eigenvalue weighted by Gasteiger charge is 2.12. The van der Waals surface area contributed by atoms with Gasteiger partial charge in [0.05, 0.1) is 19.4 Å². The number of methoxy groups -OCH3 is 1. The zero-order valence-corrected chi connectivity index (χ0v) is 16.6. The van der Waals surface area contributed by atoms with Crippen LogP contribution in [0.3, 0.4) is 0 Å². The van der Waals surface area contributed by atoms with Gasteiger partial charge in [0.15, 0.2) is 6.61 Å². The zero-order valence-electron chi connectivity index (χ0n) is 16.6. The predicted molar refractivity (Wildman–Crippen MR) is 107 cm³/mol. The minimum atomic E-state index is -0.726.